The first-order valence-electron chi connectivity index (χ1n) is 6.65. The normalized spacial score (nSPS) is 15.1. The van der Waals surface area contributed by atoms with E-state index in [2.05, 4.69) is 32.6 Å². The van der Waals surface area contributed by atoms with Crippen LogP contribution in [0.1, 0.15) is 33.3 Å². The molecule has 0 saturated carbocycles. The molecule has 1 unspecified atom stereocenters. The summed E-state index contributed by atoms with van der Waals surface area (Å²) in [6, 6.07) is 7.35. The molecule has 0 heterocycles. The largest absolute Gasteiger partial charge is 0.329 e. The summed E-state index contributed by atoms with van der Waals surface area (Å²) in [5.74, 6) is -0.142. The quantitative estimate of drug-likeness (QED) is 0.843. The molecule has 0 bridgehead atoms. The third-order valence-electron chi connectivity index (χ3n) is 3.63. The number of rotatable bonds is 6. The van der Waals surface area contributed by atoms with Crippen molar-refractivity contribution in [3.8, 4) is 0 Å². The first kappa shape index (κ1) is 15.1. The zero-order chi connectivity index (χ0) is 13.8. The van der Waals surface area contributed by atoms with E-state index < -0.39 is 0 Å². The van der Waals surface area contributed by atoms with E-state index >= 15 is 0 Å². The van der Waals surface area contributed by atoms with Gasteiger partial charge in [-0.05, 0) is 45.4 Å². The summed E-state index contributed by atoms with van der Waals surface area (Å²) in [6.45, 7) is 9.98. The van der Waals surface area contributed by atoms with E-state index in [1.807, 2.05) is 12.1 Å². The van der Waals surface area contributed by atoms with Crippen LogP contribution in [-0.2, 0) is 6.42 Å². The van der Waals surface area contributed by atoms with Gasteiger partial charge >= 0.3 is 0 Å². The predicted molar refractivity (Wildman–Crippen MR) is 75.1 cm³/mol. The summed E-state index contributed by atoms with van der Waals surface area (Å²) in [6.07, 6.45) is 0.641. The lowest BCUT2D eigenvalue weighted by Gasteiger charge is -2.43. The average Bonchev–Trinajstić information content (AvgIpc) is 2.32. The van der Waals surface area contributed by atoms with E-state index in [1.54, 1.807) is 6.07 Å². The molecule has 1 aromatic carbocycles. The number of nitrogens with two attached hydrogens (primary N) is 1. The van der Waals surface area contributed by atoms with Gasteiger partial charge in [-0.15, -0.1) is 0 Å². The van der Waals surface area contributed by atoms with E-state index in [4.69, 9.17) is 5.73 Å². The fraction of sp³-hybridized carbons (Fsp3) is 0.600. The Kier molecular flexibility index (Phi) is 5.29. The van der Waals surface area contributed by atoms with Crippen LogP contribution in [0.2, 0.25) is 0 Å². The number of benzene rings is 1. The fourth-order valence-electron chi connectivity index (χ4n) is 2.71. The zero-order valence-corrected chi connectivity index (χ0v) is 11.9. The van der Waals surface area contributed by atoms with E-state index in [1.165, 1.54) is 6.07 Å². The van der Waals surface area contributed by atoms with Crippen molar-refractivity contribution in [3.63, 3.8) is 0 Å². The highest BCUT2D eigenvalue weighted by Crippen LogP contribution is 2.23. The number of halogens is 1. The van der Waals surface area contributed by atoms with Gasteiger partial charge < -0.3 is 5.73 Å². The van der Waals surface area contributed by atoms with Crippen LogP contribution in [0.3, 0.4) is 0 Å². The van der Waals surface area contributed by atoms with E-state index in [-0.39, 0.29) is 11.4 Å². The molecule has 0 saturated heterocycles. The van der Waals surface area contributed by atoms with E-state index in [0.717, 1.165) is 12.1 Å². The van der Waals surface area contributed by atoms with Crippen LogP contribution in [0.15, 0.2) is 24.3 Å². The molecule has 0 aromatic heterocycles. The van der Waals surface area contributed by atoms with Crippen molar-refractivity contribution in [2.75, 3.05) is 13.1 Å². The fourth-order valence-corrected chi connectivity index (χ4v) is 2.71. The Bertz CT molecular complexity index is 379. The van der Waals surface area contributed by atoms with E-state index in [9.17, 15) is 4.39 Å². The SMILES string of the molecule is CCN(C(C)C)C(C)(CN)Cc1ccccc1F. The molecule has 0 spiro atoms. The standard InChI is InChI=1S/C15H25FN2/c1-5-18(12(2)3)15(4,11-17)10-13-8-6-7-9-14(13)16/h6-9,12H,5,10-11,17H2,1-4H3. The van der Waals surface area contributed by atoms with Gasteiger partial charge in [0.25, 0.3) is 0 Å². The van der Waals surface area contributed by atoms with Crippen molar-refractivity contribution < 1.29 is 4.39 Å². The van der Waals surface area contributed by atoms with Gasteiger partial charge in [-0.1, -0.05) is 25.1 Å². The van der Waals surface area contributed by atoms with Crippen molar-refractivity contribution in [3.05, 3.63) is 35.6 Å². The molecule has 18 heavy (non-hydrogen) atoms. The molecular weight excluding hydrogens is 227 g/mol. The van der Waals surface area contributed by atoms with Gasteiger partial charge in [0.1, 0.15) is 5.82 Å². The first-order chi connectivity index (χ1) is 8.44. The molecule has 0 aliphatic carbocycles. The van der Waals surface area contributed by atoms with Crippen LogP contribution in [-0.4, -0.2) is 29.6 Å². The lowest BCUT2D eigenvalue weighted by atomic mass is 9.89. The van der Waals surface area contributed by atoms with Gasteiger partial charge in [0.15, 0.2) is 0 Å². The molecular formula is C15H25FN2. The number of hydrogen-bond donors (Lipinski definition) is 1. The summed E-state index contributed by atoms with van der Waals surface area (Å²) in [5, 5.41) is 0. The summed E-state index contributed by atoms with van der Waals surface area (Å²) in [7, 11) is 0. The highest BCUT2D eigenvalue weighted by atomic mass is 19.1. The molecule has 0 aliphatic heterocycles. The second-order valence-electron chi connectivity index (χ2n) is 5.35. The van der Waals surface area contributed by atoms with Gasteiger partial charge in [-0.3, -0.25) is 4.90 Å². The average molecular weight is 252 g/mol. The Balaban J connectivity index is 2.98. The Morgan fingerprint density at radius 1 is 1.33 bits per heavy atom. The number of hydrogen-bond acceptors (Lipinski definition) is 2. The molecule has 0 radical (unpaired) electrons. The van der Waals surface area contributed by atoms with Crippen molar-refractivity contribution in [1.82, 2.24) is 4.90 Å². The van der Waals surface area contributed by atoms with Crippen LogP contribution >= 0.6 is 0 Å². The molecule has 1 atom stereocenters. The minimum Gasteiger partial charge on any atom is -0.329 e. The smallest absolute Gasteiger partial charge is 0.126 e. The maximum Gasteiger partial charge on any atom is 0.126 e. The molecule has 3 heteroatoms. The van der Waals surface area contributed by atoms with E-state index in [0.29, 0.717) is 19.0 Å². The molecule has 0 fully saturated rings. The Labute approximate surface area is 110 Å². The Morgan fingerprint density at radius 3 is 2.39 bits per heavy atom. The number of nitrogens with zero attached hydrogens (tertiary/aromatic N) is 1. The maximum atomic E-state index is 13.8. The highest BCUT2D eigenvalue weighted by Gasteiger charge is 2.32. The predicted octanol–water partition coefficient (Wildman–Crippen LogP) is 2.82. The van der Waals surface area contributed by atoms with Crippen LogP contribution < -0.4 is 5.73 Å². The van der Waals surface area contributed by atoms with Gasteiger partial charge in [0, 0.05) is 18.1 Å². The summed E-state index contributed by atoms with van der Waals surface area (Å²) >= 11 is 0. The van der Waals surface area contributed by atoms with Gasteiger partial charge in [-0.25, -0.2) is 4.39 Å². The maximum absolute atomic E-state index is 13.8. The zero-order valence-electron chi connectivity index (χ0n) is 11.9. The Hall–Kier alpha value is -0.930. The molecule has 102 valence electrons. The lowest BCUT2D eigenvalue weighted by Crippen LogP contribution is -2.56. The van der Waals surface area contributed by atoms with Gasteiger partial charge in [0.05, 0.1) is 0 Å². The van der Waals surface area contributed by atoms with Crippen LogP contribution in [0.25, 0.3) is 0 Å². The van der Waals surface area contributed by atoms with Crippen molar-refractivity contribution in [2.45, 2.75) is 45.7 Å². The van der Waals surface area contributed by atoms with Crippen LogP contribution in [0.4, 0.5) is 4.39 Å². The monoisotopic (exact) mass is 252 g/mol. The first-order valence-corrected chi connectivity index (χ1v) is 6.65. The summed E-state index contributed by atoms with van der Waals surface area (Å²) in [4.78, 5) is 2.33. The summed E-state index contributed by atoms with van der Waals surface area (Å²) in [5.41, 5.74) is 6.49. The Morgan fingerprint density at radius 2 is 1.94 bits per heavy atom. The third-order valence-corrected chi connectivity index (χ3v) is 3.63. The van der Waals surface area contributed by atoms with Crippen molar-refractivity contribution >= 4 is 0 Å². The molecule has 2 N–H and O–H groups in total. The third kappa shape index (κ3) is 3.30. The number of likely N-dealkylation sites (N-methyl/N-ethyl adjacent to an activating group) is 1. The van der Waals surface area contributed by atoms with Crippen molar-refractivity contribution in [1.29, 1.82) is 0 Å². The van der Waals surface area contributed by atoms with Gasteiger partial charge in [-0.2, -0.15) is 0 Å². The topological polar surface area (TPSA) is 29.3 Å². The second-order valence-corrected chi connectivity index (χ2v) is 5.35. The summed E-state index contributed by atoms with van der Waals surface area (Å²) < 4.78 is 13.8. The second kappa shape index (κ2) is 6.30. The van der Waals surface area contributed by atoms with Gasteiger partial charge in [0.2, 0.25) is 0 Å². The molecule has 1 rings (SSSR count). The lowest BCUT2D eigenvalue weighted by molar-refractivity contribution is 0.0816. The molecule has 0 amide bonds. The van der Waals surface area contributed by atoms with Crippen LogP contribution in [0.5, 0.6) is 0 Å². The minimum absolute atomic E-state index is 0.142. The molecule has 2 nitrogen and oxygen atoms in total. The molecule has 1 aromatic rings. The highest BCUT2D eigenvalue weighted by molar-refractivity contribution is 5.20. The molecule has 0 aliphatic rings. The van der Waals surface area contributed by atoms with Crippen LogP contribution in [0, 0.1) is 5.82 Å². The van der Waals surface area contributed by atoms with Crippen molar-refractivity contribution in [2.24, 2.45) is 5.73 Å². The minimum atomic E-state index is -0.203.